The molecule has 3 rings (SSSR count). The molecule has 1 atom stereocenters. The van der Waals surface area contributed by atoms with Gasteiger partial charge in [-0.05, 0) is 60.0 Å². The number of rotatable bonds is 12. The van der Waals surface area contributed by atoms with Gasteiger partial charge >= 0.3 is 12.1 Å². The summed E-state index contributed by atoms with van der Waals surface area (Å²) in [4.78, 5) is 10.5. The second kappa shape index (κ2) is 12.6. The van der Waals surface area contributed by atoms with Crippen molar-refractivity contribution in [3.8, 4) is 5.75 Å². The molecule has 0 bridgehead atoms. The number of hydrogen-bond donors (Lipinski definition) is 3. The number of hydrogen-bond acceptors (Lipinski definition) is 5. The van der Waals surface area contributed by atoms with Crippen LogP contribution in [0.5, 0.6) is 5.75 Å². The van der Waals surface area contributed by atoms with Gasteiger partial charge in [0.2, 0.25) is 0 Å². The van der Waals surface area contributed by atoms with Gasteiger partial charge in [-0.3, -0.25) is 9.52 Å². The fourth-order valence-electron chi connectivity index (χ4n) is 3.44. The Kier molecular flexibility index (Phi) is 9.54. The van der Waals surface area contributed by atoms with Crippen molar-refractivity contribution in [1.29, 1.82) is 0 Å². The standard InChI is InChI=1S/C27H26F3NO6S/c28-27(29,30)21-10-13-24(14-11-21)38(35,36)31-22-6-3-4-19(18-22)8-12-23(32)16-17-37-25-7-2-1-5-20(25)9-15-26(33)34/h1-8,10-14,18,23,31-32H,9,15-17H2,(H,33,34)/b12-8+. The molecule has 0 amide bonds. The fraction of sp³-hybridized carbons (Fsp3) is 0.222. The van der Waals surface area contributed by atoms with Crippen LogP contribution in [0, 0.1) is 0 Å². The summed E-state index contributed by atoms with van der Waals surface area (Å²) >= 11 is 0. The number of halogens is 3. The van der Waals surface area contributed by atoms with E-state index in [4.69, 9.17) is 9.84 Å². The van der Waals surface area contributed by atoms with Crippen LogP contribution in [0.25, 0.3) is 6.08 Å². The Balaban J connectivity index is 1.56. The van der Waals surface area contributed by atoms with Gasteiger partial charge in [0.05, 0.1) is 23.2 Å². The SMILES string of the molecule is O=C(O)CCc1ccccc1OCCC(O)/C=C/c1cccc(NS(=O)(=O)c2ccc(C(F)(F)F)cc2)c1. The van der Waals surface area contributed by atoms with Gasteiger partial charge in [-0.25, -0.2) is 8.42 Å². The minimum Gasteiger partial charge on any atom is -0.493 e. The Morgan fingerprint density at radius 3 is 2.42 bits per heavy atom. The van der Waals surface area contributed by atoms with Gasteiger partial charge < -0.3 is 14.9 Å². The molecule has 38 heavy (non-hydrogen) atoms. The Morgan fingerprint density at radius 2 is 1.74 bits per heavy atom. The Bertz CT molecular complexity index is 1370. The minimum absolute atomic E-state index is 0.0225. The first-order valence-electron chi connectivity index (χ1n) is 11.5. The summed E-state index contributed by atoms with van der Waals surface area (Å²) in [6.45, 7) is 0.183. The van der Waals surface area contributed by atoms with Crippen LogP contribution in [-0.2, 0) is 27.4 Å². The fourth-order valence-corrected chi connectivity index (χ4v) is 4.49. The van der Waals surface area contributed by atoms with E-state index in [0.29, 0.717) is 29.9 Å². The van der Waals surface area contributed by atoms with Crippen LogP contribution in [0.3, 0.4) is 0 Å². The first-order chi connectivity index (χ1) is 17.9. The van der Waals surface area contributed by atoms with E-state index in [2.05, 4.69) is 4.72 Å². The number of carbonyl (C=O) groups is 1. The highest BCUT2D eigenvalue weighted by atomic mass is 32.2. The normalized spacial score (nSPS) is 12.8. The monoisotopic (exact) mass is 549 g/mol. The van der Waals surface area contributed by atoms with E-state index in [9.17, 15) is 31.5 Å². The maximum Gasteiger partial charge on any atom is 0.416 e. The number of carboxylic acids is 1. The average molecular weight is 550 g/mol. The number of ether oxygens (including phenoxy) is 1. The first-order valence-corrected chi connectivity index (χ1v) is 13.0. The maximum absolute atomic E-state index is 12.7. The largest absolute Gasteiger partial charge is 0.493 e. The highest BCUT2D eigenvalue weighted by molar-refractivity contribution is 7.92. The third-order valence-electron chi connectivity index (χ3n) is 5.39. The Morgan fingerprint density at radius 1 is 1.03 bits per heavy atom. The van der Waals surface area contributed by atoms with Crippen LogP contribution in [0.15, 0.2) is 83.8 Å². The topological polar surface area (TPSA) is 113 Å². The molecule has 3 aromatic carbocycles. The second-order valence-corrected chi connectivity index (χ2v) is 10.0. The average Bonchev–Trinajstić information content (AvgIpc) is 2.86. The van der Waals surface area contributed by atoms with Crippen LogP contribution in [0.4, 0.5) is 18.9 Å². The number of aryl methyl sites for hydroxylation is 1. The molecule has 0 radical (unpaired) electrons. The predicted octanol–water partition coefficient (Wildman–Crippen LogP) is 5.37. The molecule has 7 nitrogen and oxygen atoms in total. The van der Waals surface area contributed by atoms with E-state index in [-0.39, 0.29) is 30.0 Å². The number of sulfonamides is 1. The summed E-state index contributed by atoms with van der Waals surface area (Å²) in [5, 5.41) is 19.2. The summed E-state index contributed by atoms with van der Waals surface area (Å²) < 4.78 is 71.4. The molecular formula is C27H26F3NO6S. The lowest BCUT2D eigenvalue weighted by atomic mass is 10.1. The van der Waals surface area contributed by atoms with E-state index < -0.39 is 33.8 Å². The van der Waals surface area contributed by atoms with Crippen molar-refractivity contribution in [2.75, 3.05) is 11.3 Å². The summed E-state index contributed by atoms with van der Waals surface area (Å²) in [6, 6.07) is 16.5. The lowest BCUT2D eigenvalue weighted by Crippen LogP contribution is -2.13. The molecule has 0 aliphatic carbocycles. The van der Waals surface area contributed by atoms with Crippen molar-refractivity contribution in [2.45, 2.75) is 36.4 Å². The molecule has 3 aromatic rings. The highest BCUT2D eigenvalue weighted by Crippen LogP contribution is 2.30. The van der Waals surface area contributed by atoms with Gasteiger partial charge in [0, 0.05) is 18.5 Å². The van der Waals surface area contributed by atoms with E-state index in [1.165, 1.54) is 18.2 Å². The molecular weight excluding hydrogens is 523 g/mol. The number of para-hydroxylation sites is 1. The molecule has 0 spiro atoms. The smallest absolute Gasteiger partial charge is 0.416 e. The third-order valence-corrected chi connectivity index (χ3v) is 6.79. The number of carboxylic acid groups (broad SMARTS) is 1. The lowest BCUT2D eigenvalue weighted by Gasteiger charge is -2.12. The summed E-state index contributed by atoms with van der Waals surface area (Å²) in [6.07, 6.45) is -1.76. The minimum atomic E-state index is -4.57. The number of benzene rings is 3. The number of aliphatic carboxylic acids is 1. The molecule has 0 saturated carbocycles. The highest BCUT2D eigenvalue weighted by Gasteiger charge is 2.30. The van der Waals surface area contributed by atoms with Crippen molar-refractivity contribution in [2.24, 2.45) is 0 Å². The zero-order chi connectivity index (χ0) is 27.8. The molecule has 0 fully saturated rings. The van der Waals surface area contributed by atoms with Crippen LogP contribution < -0.4 is 9.46 Å². The maximum atomic E-state index is 12.7. The van der Waals surface area contributed by atoms with Gasteiger partial charge in [-0.1, -0.05) is 42.5 Å². The zero-order valence-electron chi connectivity index (χ0n) is 20.1. The molecule has 202 valence electrons. The molecule has 0 saturated heterocycles. The van der Waals surface area contributed by atoms with Gasteiger partial charge in [-0.2, -0.15) is 13.2 Å². The van der Waals surface area contributed by atoms with Gasteiger partial charge in [0.25, 0.3) is 10.0 Å². The van der Waals surface area contributed by atoms with Crippen molar-refractivity contribution in [1.82, 2.24) is 0 Å². The molecule has 0 aliphatic rings. The summed E-state index contributed by atoms with van der Waals surface area (Å²) in [5.74, 6) is -0.352. The zero-order valence-corrected chi connectivity index (χ0v) is 20.9. The second-order valence-electron chi connectivity index (χ2n) is 8.32. The molecule has 0 heterocycles. The number of aliphatic hydroxyl groups excluding tert-OH is 1. The number of aliphatic hydroxyl groups is 1. The van der Waals surface area contributed by atoms with Crippen LogP contribution in [0.2, 0.25) is 0 Å². The van der Waals surface area contributed by atoms with E-state index in [1.54, 1.807) is 42.5 Å². The van der Waals surface area contributed by atoms with Crippen LogP contribution in [-0.4, -0.2) is 37.3 Å². The summed E-state index contributed by atoms with van der Waals surface area (Å²) in [7, 11) is -4.11. The molecule has 1 unspecified atom stereocenters. The van der Waals surface area contributed by atoms with Gasteiger partial charge in [-0.15, -0.1) is 0 Å². The first kappa shape index (κ1) is 28.7. The molecule has 3 N–H and O–H groups in total. The van der Waals surface area contributed by atoms with E-state index in [1.807, 2.05) is 0 Å². The number of anilines is 1. The Labute approximate surface area is 218 Å². The van der Waals surface area contributed by atoms with Gasteiger partial charge in [0.15, 0.2) is 0 Å². The van der Waals surface area contributed by atoms with Crippen LogP contribution in [0.1, 0.15) is 29.5 Å². The van der Waals surface area contributed by atoms with Crippen molar-refractivity contribution >= 4 is 27.8 Å². The number of alkyl halides is 3. The molecule has 0 aromatic heterocycles. The van der Waals surface area contributed by atoms with Gasteiger partial charge in [0.1, 0.15) is 5.75 Å². The van der Waals surface area contributed by atoms with Crippen molar-refractivity contribution in [3.63, 3.8) is 0 Å². The molecule has 11 heteroatoms. The quantitative estimate of drug-likeness (QED) is 0.280. The predicted molar refractivity (Wildman–Crippen MR) is 136 cm³/mol. The Hall–Kier alpha value is -3.83. The van der Waals surface area contributed by atoms with E-state index in [0.717, 1.165) is 17.7 Å². The number of nitrogens with one attached hydrogen (secondary N) is 1. The van der Waals surface area contributed by atoms with Crippen molar-refractivity contribution in [3.05, 3.63) is 95.6 Å². The van der Waals surface area contributed by atoms with Crippen molar-refractivity contribution < 1.29 is 41.3 Å². The molecule has 0 aliphatic heterocycles. The lowest BCUT2D eigenvalue weighted by molar-refractivity contribution is -0.138. The third kappa shape index (κ3) is 8.63. The van der Waals surface area contributed by atoms with Crippen LogP contribution >= 0.6 is 0 Å². The summed E-state index contributed by atoms with van der Waals surface area (Å²) in [5.41, 5.74) is 0.588. The van der Waals surface area contributed by atoms with E-state index >= 15 is 0 Å².